The molecule has 0 unspecified atom stereocenters. The number of fused-ring (bicyclic) bond motifs is 1. The Balaban J connectivity index is 1.43. The average molecular weight is 353 g/mol. The van der Waals surface area contributed by atoms with E-state index in [4.69, 9.17) is 0 Å². The molecule has 2 aliphatic heterocycles. The number of nitrogens with one attached hydrogen (secondary N) is 2. The Morgan fingerprint density at radius 1 is 1.38 bits per heavy atom. The van der Waals surface area contributed by atoms with E-state index in [-0.39, 0.29) is 11.3 Å². The van der Waals surface area contributed by atoms with E-state index < -0.39 is 0 Å². The van der Waals surface area contributed by atoms with Crippen molar-refractivity contribution in [3.8, 4) is 0 Å². The Hall–Kier alpha value is -2.18. The van der Waals surface area contributed by atoms with Crippen molar-refractivity contribution in [2.45, 2.75) is 26.6 Å². The summed E-state index contributed by atoms with van der Waals surface area (Å²) >= 11 is 0. The Morgan fingerprint density at radius 3 is 3.04 bits per heavy atom. The van der Waals surface area contributed by atoms with Crippen molar-refractivity contribution < 1.29 is 4.79 Å². The highest BCUT2D eigenvalue weighted by molar-refractivity contribution is 5.84. The zero-order valence-corrected chi connectivity index (χ0v) is 15.3. The van der Waals surface area contributed by atoms with E-state index in [0.29, 0.717) is 12.5 Å². The third-order valence-electron chi connectivity index (χ3n) is 5.85. The van der Waals surface area contributed by atoms with E-state index in [0.717, 1.165) is 45.1 Å². The molecule has 6 nitrogen and oxygen atoms in total. The summed E-state index contributed by atoms with van der Waals surface area (Å²) in [7, 11) is 0. The molecule has 1 amide bonds. The van der Waals surface area contributed by atoms with Gasteiger partial charge in [0.05, 0.1) is 12.0 Å². The Bertz CT molecular complexity index is 759. The van der Waals surface area contributed by atoms with Crippen LogP contribution >= 0.6 is 0 Å². The number of amides is 1. The largest absolute Gasteiger partial charge is 0.348 e. The maximum Gasteiger partial charge on any atom is 0.229 e. The van der Waals surface area contributed by atoms with E-state index in [9.17, 15) is 4.79 Å². The lowest BCUT2D eigenvalue weighted by atomic mass is 9.80. The lowest BCUT2D eigenvalue weighted by molar-refractivity contribution is -0.131. The molecule has 1 aromatic carbocycles. The normalized spacial score (nSPS) is 25.3. The first-order valence-corrected chi connectivity index (χ1v) is 9.46. The minimum atomic E-state index is -0.321. The first kappa shape index (κ1) is 17.2. The summed E-state index contributed by atoms with van der Waals surface area (Å²) in [5.41, 5.74) is 0.985. The lowest BCUT2D eigenvalue weighted by Gasteiger charge is -2.27. The average Bonchev–Trinajstić information content (AvgIpc) is 3.34. The number of benzene rings is 1. The smallest absolute Gasteiger partial charge is 0.229 e. The number of hydrogen-bond acceptors (Lipinski definition) is 4. The van der Waals surface area contributed by atoms with Crippen LogP contribution in [-0.4, -0.2) is 46.5 Å². The lowest BCUT2D eigenvalue weighted by Crippen LogP contribution is -2.47. The highest BCUT2D eigenvalue weighted by atomic mass is 16.2. The molecule has 0 spiro atoms. The standard InChI is InChI=1S/C20H27N5O/c1-2-25-9-8-22-18(25)11-23-19(26)20-14-21-10-17(20)13-24(15-20)12-16-6-4-3-5-7-16/h3-9,17,21H,2,10-15H2,1H3,(H,23,26)/t17-,20-/m0/s1. The van der Waals surface area contributed by atoms with Gasteiger partial charge in [0, 0.05) is 57.6 Å². The van der Waals surface area contributed by atoms with Crippen molar-refractivity contribution in [2.75, 3.05) is 26.2 Å². The number of aryl methyl sites for hydroxylation is 1. The summed E-state index contributed by atoms with van der Waals surface area (Å²) in [4.78, 5) is 19.9. The van der Waals surface area contributed by atoms with Gasteiger partial charge in [0.25, 0.3) is 0 Å². The molecule has 0 aliphatic carbocycles. The van der Waals surface area contributed by atoms with Crippen LogP contribution in [0.1, 0.15) is 18.3 Å². The number of aromatic nitrogens is 2. The van der Waals surface area contributed by atoms with Gasteiger partial charge < -0.3 is 15.2 Å². The summed E-state index contributed by atoms with van der Waals surface area (Å²) in [5, 5.41) is 6.60. The van der Waals surface area contributed by atoms with E-state index in [1.54, 1.807) is 6.20 Å². The molecule has 0 bridgehead atoms. The van der Waals surface area contributed by atoms with E-state index in [2.05, 4.69) is 56.3 Å². The summed E-state index contributed by atoms with van der Waals surface area (Å²) in [6.45, 7) is 7.82. The van der Waals surface area contributed by atoms with Gasteiger partial charge >= 0.3 is 0 Å². The van der Waals surface area contributed by atoms with Gasteiger partial charge in [0.2, 0.25) is 5.91 Å². The Morgan fingerprint density at radius 2 is 2.23 bits per heavy atom. The minimum Gasteiger partial charge on any atom is -0.348 e. The zero-order chi connectivity index (χ0) is 18.0. The maximum absolute atomic E-state index is 13.1. The number of rotatable bonds is 6. The summed E-state index contributed by atoms with van der Waals surface area (Å²) in [6, 6.07) is 10.5. The summed E-state index contributed by atoms with van der Waals surface area (Å²) < 4.78 is 2.07. The minimum absolute atomic E-state index is 0.161. The van der Waals surface area contributed by atoms with Crippen molar-refractivity contribution in [3.63, 3.8) is 0 Å². The number of carbonyl (C=O) groups is 1. The van der Waals surface area contributed by atoms with Crippen LogP contribution in [-0.2, 0) is 24.4 Å². The molecule has 2 fully saturated rings. The van der Waals surface area contributed by atoms with Crippen LogP contribution in [0.15, 0.2) is 42.7 Å². The second-order valence-corrected chi connectivity index (χ2v) is 7.45. The Kier molecular flexibility index (Phi) is 4.78. The predicted octanol–water partition coefficient (Wildman–Crippen LogP) is 1.24. The molecule has 1 aromatic heterocycles. The molecular weight excluding hydrogens is 326 g/mol. The molecule has 0 radical (unpaired) electrons. The first-order valence-electron chi connectivity index (χ1n) is 9.46. The molecule has 6 heteroatoms. The van der Waals surface area contributed by atoms with Gasteiger partial charge in [-0.1, -0.05) is 30.3 Å². The second kappa shape index (κ2) is 7.21. The molecule has 2 N–H and O–H groups in total. The zero-order valence-electron chi connectivity index (χ0n) is 15.3. The summed E-state index contributed by atoms with van der Waals surface area (Å²) in [5.74, 6) is 1.45. The van der Waals surface area contributed by atoms with Crippen LogP contribution < -0.4 is 10.6 Å². The molecule has 2 atom stereocenters. The van der Waals surface area contributed by atoms with Crippen LogP contribution in [0.25, 0.3) is 0 Å². The quantitative estimate of drug-likeness (QED) is 0.820. The van der Waals surface area contributed by atoms with Crippen molar-refractivity contribution >= 4 is 5.91 Å². The van der Waals surface area contributed by atoms with Crippen LogP contribution in [0.3, 0.4) is 0 Å². The van der Waals surface area contributed by atoms with Crippen LogP contribution in [0.4, 0.5) is 0 Å². The third-order valence-corrected chi connectivity index (χ3v) is 5.85. The van der Waals surface area contributed by atoms with Crippen molar-refractivity contribution in [3.05, 3.63) is 54.1 Å². The van der Waals surface area contributed by atoms with Gasteiger partial charge in [-0.25, -0.2) is 4.98 Å². The molecule has 26 heavy (non-hydrogen) atoms. The number of hydrogen-bond donors (Lipinski definition) is 2. The monoisotopic (exact) mass is 353 g/mol. The number of nitrogens with zero attached hydrogens (tertiary/aromatic N) is 3. The van der Waals surface area contributed by atoms with Crippen LogP contribution in [0.2, 0.25) is 0 Å². The molecule has 4 rings (SSSR count). The second-order valence-electron chi connectivity index (χ2n) is 7.45. The fourth-order valence-electron chi connectivity index (χ4n) is 4.44. The topological polar surface area (TPSA) is 62.2 Å². The molecule has 138 valence electrons. The highest BCUT2D eigenvalue weighted by Gasteiger charge is 2.54. The van der Waals surface area contributed by atoms with Gasteiger partial charge in [0.1, 0.15) is 5.82 Å². The van der Waals surface area contributed by atoms with Crippen molar-refractivity contribution in [1.82, 2.24) is 25.1 Å². The highest BCUT2D eigenvalue weighted by Crippen LogP contribution is 2.39. The molecule has 0 saturated carbocycles. The third kappa shape index (κ3) is 3.15. The SMILES string of the molecule is CCn1ccnc1CNC(=O)[C@]12CNC[C@H]1CN(Cc1ccccc1)C2. The van der Waals surface area contributed by atoms with Crippen molar-refractivity contribution in [1.29, 1.82) is 0 Å². The molecule has 2 aromatic rings. The van der Waals surface area contributed by atoms with Gasteiger partial charge in [-0.2, -0.15) is 0 Å². The van der Waals surface area contributed by atoms with Gasteiger partial charge in [0.15, 0.2) is 0 Å². The van der Waals surface area contributed by atoms with Gasteiger partial charge in [-0.3, -0.25) is 9.69 Å². The maximum atomic E-state index is 13.1. The first-order chi connectivity index (χ1) is 12.7. The van der Waals surface area contributed by atoms with Crippen LogP contribution in [0, 0.1) is 11.3 Å². The summed E-state index contributed by atoms with van der Waals surface area (Å²) in [6.07, 6.45) is 3.75. The molecular formula is C20H27N5O. The van der Waals surface area contributed by atoms with E-state index in [1.165, 1.54) is 5.56 Å². The number of carbonyl (C=O) groups excluding carboxylic acids is 1. The molecule has 2 aliphatic rings. The number of likely N-dealkylation sites (tertiary alicyclic amines) is 1. The van der Waals surface area contributed by atoms with Crippen molar-refractivity contribution in [2.24, 2.45) is 11.3 Å². The van der Waals surface area contributed by atoms with E-state index in [1.807, 2.05) is 12.3 Å². The van der Waals surface area contributed by atoms with Crippen LogP contribution in [0.5, 0.6) is 0 Å². The van der Waals surface area contributed by atoms with Gasteiger partial charge in [-0.05, 0) is 12.5 Å². The van der Waals surface area contributed by atoms with Gasteiger partial charge in [-0.15, -0.1) is 0 Å². The molecule has 2 saturated heterocycles. The van der Waals surface area contributed by atoms with E-state index >= 15 is 0 Å². The fourth-order valence-corrected chi connectivity index (χ4v) is 4.44. The Labute approximate surface area is 154 Å². The number of imidazole rings is 1. The fraction of sp³-hybridized carbons (Fsp3) is 0.500. The molecule has 3 heterocycles. The predicted molar refractivity (Wildman–Crippen MR) is 100 cm³/mol.